The minimum atomic E-state index is -1.30. The van der Waals surface area contributed by atoms with Crippen LogP contribution < -0.4 is 10.1 Å². The molecule has 5 aromatic rings. The quantitative estimate of drug-likeness (QED) is 0.210. The van der Waals surface area contributed by atoms with Crippen LogP contribution in [0.3, 0.4) is 0 Å². The molecule has 0 aliphatic carbocycles. The Labute approximate surface area is 219 Å². The number of hydrogen-bond donors (Lipinski definition) is 1. The highest BCUT2D eigenvalue weighted by Crippen LogP contribution is 2.58. The third kappa shape index (κ3) is 3.19. The summed E-state index contributed by atoms with van der Waals surface area (Å²) in [6.07, 6.45) is 0. The van der Waals surface area contributed by atoms with Gasteiger partial charge in [-0.2, -0.15) is 0 Å². The van der Waals surface area contributed by atoms with Gasteiger partial charge in [-0.15, -0.1) is 0 Å². The van der Waals surface area contributed by atoms with Crippen molar-refractivity contribution in [3.05, 3.63) is 155 Å². The molecule has 0 radical (unpaired) electrons. The summed E-state index contributed by atoms with van der Waals surface area (Å²) in [6, 6.07) is 37.4. The van der Waals surface area contributed by atoms with Crippen molar-refractivity contribution < 1.29 is 19.1 Å². The van der Waals surface area contributed by atoms with E-state index in [2.05, 4.69) is 5.32 Å². The first-order chi connectivity index (χ1) is 18.7. The molecule has 1 N–H and O–H groups in total. The van der Waals surface area contributed by atoms with E-state index >= 15 is 0 Å². The fourth-order valence-corrected chi connectivity index (χ4v) is 5.47. The number of carbonyl (C=O) groups is 2. The summed E-state index contributed by atoms with van der Waals surface area (Å²) in [5, 5.41) is 3.48. The Hall–Kier alpha value is -5.16. The highest BCUT2D eigenvalue weighted by atomic mass is 16.6. The molecule has 0 aromatic heterocycles. The van der Waals surface area contributed by atoms with E-state index in [0.717, 1.165) is 5.69 Å². The van der Waals surface area contributed by atoms with Crippen LogP contribution in [-0.4, -0.2) is 11.8 Å². The van der Waals surface area contributed by atoms with E-state index in [-0.39, 0.29) is 11.3 Å². The number of esters is 1. The minimum absolute atomic E-state index is 0.240. The molecule has 5 aromatic carbocycles. The number of hydrogen-bond acceptors (Lipinski definition) is 5. The zero-order valence-electron chi connectivity index (χ0n) is 20.2. The lowest BCUT2D eigenvalue weighted by atomic mass is 9.76. The Kier molecular flexibility index (Phi) is 4.91. The summed E-state index contributed by atoms with van der Waals surface area (Å²) >= 11 is 0. The largest absolute Gasteiger partial charge is 0.456 e. The molecule has 5 nitrogen and oxygen atoms in total. The van der Waals surface area contributed by atoms with Gasteiger partial charge in [-0.05, 0) is 36.4 Å². The monoisotopic (exact) mass is 495 g/mol. The van der Waals surface area contributed by atoms with Crippen molar-refractivity contribution in [1.82, 2.24) is 0 Å². The Bertz CT molecular complexity index is 1680. The van der Waals surface area contributed by atoms with Crippen molar-refractivity contribution >= 4 is 23.1 Å². The summed E-state index contributed by atoms with van der Waals surface area (Å²) in [6.45, 7) is 0. The molecular formula is C33H21NO4. The van der Waals surface area contributed by atoms with Crippen LogP contribution in [0.5, 0.6) is 11.5 Å². The van der Waals surface area contributed by atoms with E-state index in [4.69, 9.17) is 9.47 Å². The van der Waals surface area contributed by atoms with Crippen LogP contribution in [0.25, 0.3) is 0 Å². The number of ether oxygens (including phenoxy) is 2. The molecular weight excluding hydrogens is 474 g/mol. The molecule has 0 bridgehead atoms. The average Bonchev–Trinajstić information content (AvgIpc) is 3.28. The first kappa shape index (κ1) is 22.1. The maximum atomic E-state index is 13.9. The Balaban J connectivity index is 1.55. The molecule has 0 unspecified atom stereocenters. The molecule has 182 valence electrons. The van der Waals surface area contributed by atoms with E-state index < -0.39 is 11.6 Å². The van der Waals surface area contributed by atoms with E-state index in [0.29, 0.717) is 45.0 Å². The molecule has 38 heavy (non-hydrogen) atoms. The molecule has 7 rings (SSSR count). The van der Waals surface area contributed by atoms with Crippen molar-refractivity contribution in [2.75, 3.05) is 5.32 Å². The molecule has 0 fully saturated rings. The first-order valence-electron chi connectivity index (χ1n) is 12.4. The zero-order chi connectivity index (χ0) is 25.7. The SMILES string of the molecule is O=C(c1ccccc1)c1ccc(Nc2ccccc2)c2c1C(=O)OC21c2ccccc2Oc2ccccc21. The second-order valence-electron chi connectivity index (χ2n) is 9.26. The lowest BCUT2D eigenvalue weighted by Crippen LogP contribution is -2.33. The second kappa shape index (κ2) is 8.46. The number of nitrogens with one attached hydrogen (secondary N) is 1. The van der Waals surface area contributed by atoms with Gasteiger partial charge in [-0.25, -0.2) is 4.79 Å². The molecule has 2 aliphatic rings. The second-order valence-corrected chi connectivity index (χ2v) is 9.26. The highest BCUT2D eigenvalue weighted by Gasteiger charge is 2.56. The Morgan fingerprint density at radius 3 is 1.89 bits per heavy atom. The number of para-hydroxylation sites is 3. The number of anilines is 2. The molecule has 1 spiro atoms. The summed E-state index contributed by atoms with van der Waals surface area (Å²) in [7, 11) is 0. The predicted octanol–water partition coefficient (Wildman–Crippen LogP) is 7.23. The fourth-order valence-electron chi connectivity index (χ4n) is 5.47. The van der Waals surface area contributed by atoms with Gasteiger partial charge in [0.25, 0.3) is 0 Å². The summed E-state index contributed by atoms with van der Waals surface area (Å²) in [5.41, 5.74) is 3.27. The zero-order valence-corrected chi connectivity index (χ0v) is 20.2. The molecule has 2 aliphatic heterocycles. The van der Waals surface area contributed by atoms with Crippen LogP contribution in [0, 0.1) is 0 Å². The van der Waals surface area contributed by atoms with Crippen molar-refractivity contribution in [2.45, 2.75) is 5.60 Å². The van der Waals surface area contributed by atoms with E-state index in [1.54, 1.807) is 18.2 Å². The highest BCUT2D eigenvalue weighted by molar-refractivity contribution is 6.17. The van der Waals surface area contributed by atoms with E-state index in [1.165, 1.54) is 0 Å². The van der Waals surface area contributed by atoms with Gasteiger partial charge in [-0.1, -0.05) is 84.9 Å². The van der Waals surface area contributed by atoms with Gasteiger partial charge in [0.05, 0.1) is 5.56 Å². The standard InChI is InChI=1S/C33H21NO4/c35-31(21-11-3-1-4-12-21)23-19-20-26(34-22-13-5-2-6-14-22)30-29(23)32(36)38-33(30)24-15-7-9-17-27(24)37-28-18-10-8-16-25(28)33/h1-20,34H. The number of fused-ring (bicyclic) bond motifs is 6. The lowest BCUT2D eigenvalue weighted by Gasteiger charge is -2.37. The maximum absolute atomic E-state index is 13.9. The number of ketones is 1. The third-order valence-electron chi connectivity index (χ3n) is 7.09. The van der Waals surface area contributed by atoms with Gasteiger partial charge in [0.1, 0.15) is 11.5 Å². The third-order valence-corrected chi connectivity index (χ3v) is 7.09. The Morgan fingerprint density at radius 2 is 1.24 bits per heavy atom. The topological polar surface area (TPSA) is 64.6 Å². The number of carbonyl (C=O) groups excluding carboxylic acids is 2. The molecule has 0 saturated heterocycles. The molecule has 0 saturated carbocycles. The Morgan fingerprint density at radius 1 is 0.658 bits per heavy atom. The number of rotatable bonds is 4. The van der Waals surface area contributed by atoms with Crippen molar-refractivity contribution in [3.8, 4) is 11.5 Å². The van der Waals surface area contributed by atoms with Crippen LogP contribution in [0.15, 0.2) is 121 Å². The number of benzene rings is 5. The van der Waals surface area contributed by atoms with Gasteiger partial charge in [0.2, 0.25) is 0 Å². The van der Waals surface area contributed by atoms with Gasteiger partial charge >= 0.3 is 5.97 Å². The summed E-state index contributed by atoms with van der Waals surface area (Å²) < 4.78 is 12.6. The van der Waals surface area contributed by atoms with Crippen molar-refractivity contribution in [3.63, 3.8) is 0 Å². The smallest absolute Gasteiger partial charge is 0.341 e. The first-order valence-corrected chi connectivity index (χ1v) is 12.4. The normalized spacial score (nSPS) is 14.1. The van der Waals surface area contributed by atoms with E-state index in [1.807, 2.05) is 103 Å². The summed E-state index contributed by atoms with van der Waals surface area (Å²) in [4.78, 5) is 27.6. The van der Waals surface area contributed by atoms with Gasteiger partial charge in [0.15, 0.2) is 11.4 Å². The summed E-state index contributed by atoms with van der Waals surface area (Å²) in [5.74, 6) is 0.396. The predicted molar refractivity (Wildman–Crippen MR) is 144 cm³/mol. The maximum Gasteiger partial charge on any atom is 0.341 e. The van der Waals surface area contributed by atoms with Crippen LogP contribution in [-0.2, 0) is 10.3 Å². The minimum Gasteiger partial charge on any atom is -0.456 e. The molecule has 0 atom stereocenters. The molecule has 0 amide bonds. The van der Waals surface area contributed by atoms with Crippen molar-refractivity contribution in [1.29, 1.82) is 0 Å². The lowest BCUT2D eigenvalue weighted by molar-refractivity contribution is 0.0225. The van der Waals surface area contributed by atoms with Crippen LogP contribution in [0.1, 0.15) is 43.0 Å². The van der Waals surface area contributed by atoms with E-state index in [9.17, 15) is 9.59 Å². The van der Waals surface area contributed by atoms with Gasteiger partial charge < -0.3 is 14.8 Å². The van der Waals surface area contributed by atoms with Crippen LogP contribution >= 0.6 is 0 Å². The van der Waals surface area contributed by atoms with Gasteiger partial charge in [0, 0.05) is 39.2 Å². The average molecular weight is 496 g/mol. The molecule has 2 heterocycles. The van der Waals surface area contributed by atoms with Gasteiger partial charge in [-0.3, -0.25) is 4.79 Å². The molecule has 5 heteroatoms. The van der Waals surface area contributed by atoms with Crippen LogP contribution in [0.2, 0.25) is 0 Å². The fraction of sp³-hybridized carbons (Fsp3) is 0.0303. The van der Waals surface area contributed by atoms with Crippen LogP contribution in [0.4, 0.5) is 11.4 Å². The van der Waals surface area contributed by atoms with Crippen molar-refractivity contribution in [2.24, 2.45) is 0 Å².